The molecule has 0 atom stereocenters. The van der Waals surface area contributed by atoms with Gasteiger partial charge in [0.25, 0.3) is 0 Å². The van der Waals surface area contributed by atoms with Gasteiger partial charge < -0.3 is 9.09 Å². The molecule has 0 amide bonds. The van der Waals surface area contributed by atoms with Crippen LogP contribution >= 0.6 is 19.4 Å². The molecule has 1 aromatic heterocycles. The number of phosphoric ester groups is 1. The van der Waals surface area contributed by atoms with Crippen molar-refractivity contribution >= 4 is 25.2 Å². The molecule has 1 aliphatic rings. The molecule has 1 aliphatic carbocycles. The highest BCUT2D eigenvalue weighted by Gasteiger charge is 2.31. The Morgan fingerprint density at radius 2 is 1.96 bits per heavy atom. The first-order chi connectivity index (χ1) is 12.0. The standard InChI is InChI=1S/C17H28ClN2O4P/c1-4-22-25(21,23-5-2)24-16(11-12-18)17-19-13-14(3)20(17)15-9-7-6-8-10-15/h11,13,15H,4-10,12H2,1-3H3/b16-11+. The topological polar surface area (TPSA) is 62.6 Å². The molecule has 6 nitrogen and oxygen atoms in total. The Balaban J connectivity index is 2.34. The summed E-state index contributed by atoms with van der Waals surface area (Å²) in [6, 6.07) is 0.368. The monoisotopic (exact) mass is 390 g/mol. The van der Waals surface area contributed by atoms with E-state index in [1.807, 2.05) is 13.1 Å². The lowest BCUT2D eigenvalue weighted by atomic mass is 9.95. The van der Waals surface area contributed by atoms with Crippen LogP contribution in [0.2, 0.25) is 0 Å². The summed E-state index contributed by atoms with van der Waals surface area (Å²) < 4.78 is 31.1. The summed E-state index contributed by atoms with van der Waals surface area (Å²) in [5.74, 6) is 1.19. The normalized spacial score (nSPS) is 17.0. The predicted molar refractivity (Wildman–Crippen MR) is 99.7 cm³/mol. The molecule has 25 heavy (non-hydrogen) atoms. The fraction of sp³-hybridized carbons (Fsp3) is 0.706. The van der Waals surface area contributed by atoms with Gasteiger partial charge >= 0.3 is 7.82 Å². The molecular weight excluding hydrogens is 363 g/mol. The van der Waals surface area contributed by atoms with Gasteiger partial charge in [0.2, 0.25) is 0 Å². The van der Waals surface area contributed by atoms with Gasteiger partial charge in [0, 0.05) is 23.8 Å². The summed E-state index contributed by atoms with van der Waals surface area (Å²) in [6.45, 7) is 5.96. The fourth-order valence-corrected chi connectivity index (χ4v) is 4.54. The first-order valence-corrected chi connectivity index (χ1v) is 10.9. The highest BCUT2D eigenvalue weighted by Crippen LogP contribution is 2.53. The van der Waals surface area contributed by atoms with Crippen LogP contribution in [-0.2, 0) is 18.1 Å². The number of rotatable bonds is 9. The quantitative estimate of drug-likeness (QED) is 0.317. The zero-order chi connectivity index (χ0) is 18.3. The molecule has 1 fully saturated rings. The summed E-state index contributed by atoms with van der Waals surface area (Å²) in [5.41, 5.74) is 1.05. The van der Waals surface area contributed by atoms with Crippen LogP contribution in [0.5, 0.6) is 0 Å². The largest absolute Gasteiger partial charge is 0.530 e. The molecule has 0 aliphatic heterocycles. The van der Waals surface area contributed by atoms with Crippen LogP contribution in [-0.4, -0.2) is 28.6 Å². The van der Waals surface area contributed by atoms with Gasteiger partial charge in [0.05, 0.1) is 13.2 Å². The van der Waals surface area contributed by atoms with Crippen molar-refractivity contribution in [2.24, 2.45) is 0 Å². The number of allylic oxidation sites excluding steroid dienone is 1. The second kappa shape index (κ2) is 9.77. The summed E-state index contributed by atoms with van der Waals surface area (Å²) in [5, 5.41) is 0. The molecule has 1 saturated carbocycles. The van der Waals surface area contributed by atoms with Crippen molar-refractivity contribution in [1.29, 1.82) is 0 Å². The third-order valence-corrected chi connectivity index (χ3v) is 5.91. The SMILES string of the molecule is CCOP(=O)(OCC)O/C(=C/CCl)c1ncc(C)n1C1CCCCC1. The van der Waals surface area contributed by atoms with Crippen molar-refractivity contribution in [3.8, 4) is 0 Å². The van der Waals surface area contributed by atoms with Crippen molar-refractivity contribution in [1.82, 2.24) is 9.55 Å². The molecule has 142 valence electrons. The Morgan fingerprint density at radius 1 is 1.32 bits per heavy atom. The number of aromatic nitrogens is 2. The minimum absolute atomic E-state index is 0.212. The average molecular weight is 391 g/mol. The number of imidazole rings is 1. The maximum Gasteiger partial charge on any atom is 0.530 e. The molecule has 0 unspecified atom stereocenters. The van der Waals surface area contributed by atoms with Crippen LogP contribution in [0.25, 0.3) is 5.76 Å². The van der Waals surface area contributed by atoms with Gasteiger partial charge in [0.15, 0.2) is 11.6 Å². The summed E-state index contributed by atoms with van der Waals surface area (Å²) in [6.07, 6.45) is 9.35. The predicted octanol–water partition coefficient (Wildman–Crippen LogP) is 5.47. The number of hydrogen-bond donors (Lipinski definition) is 0. The molecular formula is C17H28ClN2O4P. The van der Waals surface area contributed by atoms with E-state index in [0.29, 0.717) is 17.6 Å². The third kappa shape index (κ3) is 5.33. The van der Waals surface area contributed by atoms with Gasteiger partial charge in [-0.2, -0.15) is 0 Å². The van der Waals surface area contributed by atoms with Crippen molar-refractivity contribution in [3.05, 3.63) is 23.8 Å². The van der Waals surface area contributed by atoms with E-state index in [4.69, 9.17) is 25.2 Å². The van der Waals surface area contributed by atoms with Crippen molar-refractivity contribution in [2.45, 2.75) is 58.9 Å². The summed E-state index contributed by atoms with van der Waals surface area (Å²) >= 11 is 5.91. The van der Waals surface area contributed by atoms with Gasteiger partial charge in [-0.3, -0.25) is 9.05 Å². The molecule has 0 spiro atoms. The first-order valence-electron chi connectivity index (χ1n) is 8.93. The van der Waals surface area contributed by atoms with Gasteiger partial charge in [-0.15, -0.1) is 11.6 Å². The first kappa shape index (κ1) is 20.5. The second-order valence-corrected chi connectivity index (χ2v) is 7.88. The lowest BCUT2D eigenvalue weighted by Gasteiger charge is -2.27. The molecule has 0 saturated heterocycles. The van der Waals surface area contributed by atoms with E-state index >= 15 is 0 Å². The highest BCUT2D eigenvalue weighted by atomic mass is 35.5. The highest BCUT2D eigenvalue weighted by molar-refractivity contribution is 7.48. The van der Waals surface area contributed by atoms with Gasteiger partial charge in [0.1, 0.15) is 0 Å². The number of nitrogens with zero attached hydrogens (tertiary/aromatic N) is 2. The summed E-state index contributed by atoms with van der Waals surface area (Å²) in [7, 11) is -3.70. The Kier molecular flexibility index (Phi) is 8.01. The Bertz CT molecular complexity index is 616. The maximum absolute atomic E-state index is 12.8. The average Bonchev–Trinajstić information content (AvgIpc) is 2.97. The Morgan fingerprint density at radius 3 is 2.52 bits per heavy atom. The summed E-state index contributed by atoms with van der Waals surface area (Å²) in [4.78, 5) is 4.49. The number of halogens is 1. The van der Waals surface area contributed by atoms with Crippen LogP contribution in [0.3, 0.4) is 0 Å². The molecule has 0 aromatic carbocycles. The Hall–Kier alpha value is -0.810. The van der Waals surface area contributed by atoms with E-state index in [0.717, 1.165) is 18.5 Å². The van der Waals surface area contributed by atoms with Gasteiger partial charge in [-0.25, -0.2) is 9.55 Å². The molecule has 1 heterocycles. The number of alkyl halides is 1. The lowest BCUT2D eigenvalue weighted by Crippen LogP contribution is -2.17. The zero-order valence-electron chi connectivity index (χ0n) is 15.2. The van der Waals surface area contributed by atoms with Gasteiger partial charge in [-0.05, 0) is 39.7 Å². The molecule has 0 radical (unpaired) electrons. The van der Waals surface area contributed by atoms with E-state index in [1.165, 1.54) is 19.3 Å². The van der Waals surface area contributed by atoms with Crippen LogP contribution in [0, 0.1) is 6.92 Å². The van der Waals surface area contributed by atoms with Crippen LogP contribution in [0.4, 0.5) is 0 Å². The minimum atomic E-state index is -3.70. The van der Waals surface area contributed by atoms with Crippen LogP contribution < -0.4 is 0 Å². The number of aryl methyl sites for hydroxylation is 1. The smallest absolute Gasteiger partial charge is 0.400 e. The minimum Gasteiger partial charge on any atom is -0.400 e. The molecule has 0 bridgehead atoms. The zero-order valence-corrected chi connectivity index (χ0v) is 16.9. The van der Waals surface area contributed by atoms with E-state index in [-0.39, 0.29) is 19.1 Å². The third-order valence-electron chi connectivity index (χ3n) is 4.19. The van der Waals surface area contributed by atoms with Crippen molar-refractivity contribution < 1.29 is 18.1 Å². The maximum atomic E-state index is 12.8. The van der Waals surface area contributed by atoms with E-state index in [9.17, 15) is 4.57 Å². The molecule has 2 rings (SSSR count). The fourth-order valence-electron chi connectivity index (χ4n) is 3.19. The Labute approximate surface area is 155 Å². The van der Waals surface area contributed by atoms with Crippen LogP contribution in [0.1, 0.15) is 63.5 Å². The van der Waals surface area contributed by atoms with E-state index < -0.39 is 7.82 Å². The number of phosphoric acid groups is 1. The van der Waals surface area contributed by atoms with Crippen molar-refractivity contribution in [3.63, 3.8) is 0 Å². The second-order valence-electron chi connectivity index (χ2n) is 5.98. The lowest BCUT2D eigenvalue weighted by molar-refractivity contribution is 0.158. The molecule has 8 heteroatoms. The van der Waals surface area contributed by atoms with Gasteiger partial charge in [-0.1, -0.05) is 19.3 Å². The number of hydrogen-bond acceptors (Lipinski definition) is 5. The van der Waals surface area contributed by atoms with E-state index in [2.05, 4.69) is 9.55 Å². The molecule has 0 N–H and O–H groups in total. The van der Waals surface area contributed by atoms with E-state index in [1.54, 1.807) is 19.9 Å². The van der Waals surface area contributed by atoms with Crippen LogP contribution in [0.15, 0.2) is 12.3 Å². The molecule has 1 aromatic rings. The van der Waals surface area contributed by atoms with Crippen molar-refractivity contribution in [2.75, 3.05) is 19.1 Å².